The minimum Gasteiger partial charge on any atom is -0.350 e. The summed E-state index contributed by atoms with van der Waals surface area (Å²) in [6.45, 7) is 0.482. The Morgan fingerprint density at radius 3 is 2.74 bits per heavy atom. The highest BCUT2D eigenvalue weighted by Gasteiger charge is 2.05. The zero-order chi connectivity index (χ0) is 13.7. The largest absolute Gasteiger partial charge is 0.350 e. The maximum Gasteiger partial charge on any atom is 0.267 e. The van der Waals surface area contributed by atoms with Gasteiger partial charge >= 0.3 is 0 Å². The second-order valence-corrected chi connectivity index (χ2v) is 4.50. The first-order valence-electron chi connectivity index (χ1n) is 5.87. The predicted octanol–water partition coefficient (Wildman–Crippen LogP) is 2.00. The van der Waals surface area contributed by atoms with Gasteiger partial charge in [0.15, 0.2) is 0 Å². The number of carbonyl (C=O) groups is 1. The second-order valence-electron chi connectivity index (χ2n) is 4.06. The Hall–Kier alpha value is -2.07. The van der Waals surface area contributed by atoms with Gasteiger partial charge in [0.1, 0.15) is 5.69 Å². The van der Waals surface area contributed by atoms with Gasteiger partial charge in [-0.3, -0.25) is 9.59 Å². The van der Waals surface area contributed by atoms with E-state index in [1.165, 1.54) is 6.07 Å². The Morgan fingerprint density at radius 1 is 1.21 bits per heavy atom. The summed E-state index contributed by atoms with van der Waals surface area (Å²) in [4.78, 5) is 25.3. The highest BCUT2D eigenvalue weighted by molar-refractivity contribution is 6.30. The Morgan fingerprint density at radius 2 is 2.00 bits per heavy atom. The number of amides is 1. The van der Waals surface area contributed by atoms with Crippen molar-refractivity contribution in [3.63, 3.8) is 0 Å². The number of rotatable bonds is 4. The molecule has 19 heavy (non-hydrogen) atoms. The fraction of sp³-hybridized carbons (Fsp3) is 0.143. The van der Waals surface area contributed by atoms with Crippen LogP contribution in [0.2, 0.25) is 5.02 Å². The topological polar surface area (TPSA) is 62.0 Å². The van der Waals surface area contributed by atoms with E-state index in [1.54, 1.807) is 18.2 Å². The van der Waals surface area contributed by atoms with Gasteiger partial charge in [-0.1, -0.05) is 29.8 Å². The molecule has 1 aromatic heterocycles. The van der Waals surface area contributed by atoms with Gasteiger partial charge in [0.25, 0.3) is 5.91 Å². The Labute approximate surface area is 115 Å². The molecule has 0 aliphatic rings. The molecule has 0 fully saturated rings. The van der Waals surface area contributed by atoms with Crippen molar-refractivity contribution < 1.29 is 4.79 Å². The molecule has 0 atom stereocenters. The summed E-state index contributed by atoms with van der Waals surface area (Å²) >= 11 is 5.87. The number of carbonyl (C=O) groups excluding carboxylic acids is 1. The molecule has 0 spiro atoms. The summed E-state index contributed by atoms with van der Waals surface area (Å²) in [7, 11) is 0. The summed E-state index contributed by atoms with van der Waals surface area (Å²) in [6, 6.07) is 12.0. The fourth-order valence-electron chi connectivity index (χ4n) is 1.69. The van der Waals surface area contributed by atoms with E-state index in [2.05, 4.69) is 10.3 Å². The summed E-state index contributed by atoms with van der Waals surface area (Å²) in [5.41, 5.74) is 1.02. The minimum absolute atomic E-state index is 0.263. The molecule has 1 amide bonds. The van der Waals surface area contributed by atoms with Gasteiger partial charge in [-0.15, -0.1) is 0 Å². The Balaban J connectivity index is 1.89. The fourth-order valence-corrected chi connectivity index (χ4v) is 1.90. The minimum atomic E-state index is -0.292. The lowest BCUT2D eigenvalue weighted by atomic mass is 10.1. The Kier molecular flexibility index (Phi) is 4.36. The van der Waals surface area contributed by atoms with Crippen molar-refractivity contribution in [3.05, 3.63) is 69.1 Å². The van der Waals surface area contributed by atoms with Crippen molar-refractivity contribution in [3.8, 4) is 0 Å². The molecule has 5 heteroatoms. The smallest absolute Gasteiger partial charge is 0.267 e. The maximum absolute atomic E-state index is 11.7. The van der Waals surface area contributed by atoms with Crippen LogP contribution in [0.5, 0.6) is 0 Å². The third-order valence-corrected chi connectivity index (χ3v) is 2.84. The van der Waals surface area contributed by atoms with E-state index >= 15 is 0 Å². The monoisotopic (exact) mass is 276 g/mol. The molecule has 0 aliphatic carbocycles. The number of H-pyrrole nitrogens is 1. The van der Waals surface area contributed by atoms with Crippen LogP contribution in [0.1, 0.15) is 16.1 Å². The lowest BCUT2D eigenvalue weighted by Crippen LogP contribution is -2.28. The molecule has 0 radical (unpaired) electrons. The molecule has 1 aromatic carbocycles. The Bertz CT molecular complexity index is 637. The number of nitrogens with one attached hydrogen (secondary N) is 2. The molecular formula is C14H13ClN2O2. The second kappa shape index (κ2) is 6.20. The van der Waals surface area contributed by atoms with Gasteiger partial charge in [0.05, 0.1) is 0 Å². The zero-order valence-electron chi connectivity index (χ0n) is 10.2. The molecular weight excluding hydrogens is 264 g/mol. The number of halogens is 1. The van der Waals surface area contributed by atoms with Crippen LogP contribution in [-0.4, -0.2) is 17.4 Å². The van der Waals surface area contributed by atoms with Crippen LogP contribution >= 0.6 is 11.6 Å². The van der Waals surface area contributed by atoms with E-state index in [0.717, 1.165) is 5.56 Å². The number of pyridine rings is 1. The van der Waals surface area contributed by atoms with Gasteiger partial charge in [-0.25, -0.2) is 0 Å². The zero-order valence-corrected chi connectivity index (χ0v) is 10.9. The summed E-state index contributed by atoms with van der Waals surface area (Å²) in [5, 5.41) is 3.42. The molecule has 0 saturated heterocycles. The average Bonchev–Trinajstić information content (AvgIpc) is 2.38. The molecule has 0 bridgehead atoms. The van der Waals surface area contributed by atoms with Crippen molar-refractivity contribution in [2.45, 2.75) is 6.42 Å². The SMILES string of the molecule is O=C(NCCc1cccc(Cl)c1)c1cccc(=O)[nH]1. The van der Waals surface area contributed by atoms with Crippen LogP contribution in [0, 0.1) is 0 Å². The summed E-state index contributed by atoms with van der Waals surface area (Å²) in [6.07, 6.45) is 0.684. The van der Waals surface area contributed by atoms with Crippen LogP contribution in [0.15, 0.2) is 47.3 Å². The quantitative estimate of drug-likeness (QED) is 0.897. The predicted molar refractivity (Wildman–Crippen MR) is 74.6 cm³/mol. The van der Waals surface area contributed by atoms with Gasteiger partial charge in [0, 0.05) is 17.6 Å². The van der Waals surface area contributed by atoms with Crippen molar-refractivity contribution >= 4 is 17.5 Å². The van der Waals surface area contributed by atoms with E-state index in [0.29, 0.717) is 18.0 Å². The number of aromatic nitrogens is 1. The number of hydrogen-bond donors (Lipinski definition) is 2. The summed E-state index contributed by atoms with van der Waals surface area (Å²) in [5.74, 6) is -0.292. The lowest BCUT2D eigenvalue weighted by molar-refractivity contribution is 0.0949. The molecule has 1 heterocycles. The van der Waals surface area contributed by atoms with Gasteiger partial charge < -0.3 is 10.3 Å². The molecule has 0 unspecified atom stereocenters. The van der Waals surface area contributed by atoms with Crippen LogP contribution in [0.25, 0.3) is 0 Å². The van der Waals surface area contributed by atoms with Crippen molar-refractivity contribution in [2.75, 3.05) is 6.54 Å². The van der Waals surface area contributed by atoms with Gasteiger partial charge in [-0.2, -0.15) is 0 Å². The van der Waals surface area contributed by atoms with Gasteiger partial charge in [0.2, 0.25) is 5.56 Å². The first-order chi connectivity index (χ1) is 9.15. The van der Waals surface area contributed by atoms with E-state index in [9.17, 15) is 9.59 Å². The standard InChI is InChI=1S/C14H13ClN2O2/c15-11-4-1-3-10(9-11)7-8-16-14(19)12-5-2-6-13(18)17-12/h1-6,9H,7-8H2,(H,16,19)(H,17,18). The number of benzene rings is 1. The van der Waals surface area contributed by atoms with Crippen LogP contribution in [-0.2, 0) is 6.42 Å². The van der Waals surface area contributed by atoms with Crippen LogP contribution < -0.4 is 10.9 Å². The van der Waals surface area contributed by atoms with E-state index in [-0.39, 0.29) is 17.2 Å². The van der Waals surface area contributed by atoms with E-state index in [1.807, 2.05) is 18.2 Å². The highest BCUT2D eigenvalue weighted by atomic mass is 35.5. The van der Waals surface area contributed by atoms with Gasteiger partial charge in [-0.05, 0) is 30.2 Å². The van der Waals surface area contributed by atoms with Crippen molar-refractivity contribution in [1.82, 2.24) is 10.3 Å². The summed E-state index contributed by atoms with van der Waals surface area (Å²) < 4.78 is 0. The molecule has 4 nitrogen and oxygen atoms in total. The molecule has 2 N–H and O–H groups in total. The van der Waals surface area contributed by atoms with E-state index in [4.69, 9.17) is 11.6 Å². The third kappa shape index (κ3) is 3.96. The third-order valence-electron chi connectivity index (χ3n) is 2.60. The lowest BCUT2D eigenvalue weighted by Gasteiger charge is -2.05. The van der Waals surface area contributed by atoms with Crippen LogP contribution in [0.4, 0.5) is 0 Å². The van der Waals surface area contributed by atoms with Crippen LogP contribution in [0.3, 0.4) is 0 Å². The number of hydrogen-bond acceptors (Lipinski definition) is 2. The van der Waals surface area contributed by atoms with Crippen molar-refractivity contribution in [1.29, 1.82) is 0 Å². The first kappa shape index (κ1) is 13.4. The maximum atomic E-state index is 11.7. The van der Waals surface area contributed by atoms with Crippen molar-refractivity contribution in [2.24, 2.45) is 0 Å². The first-order valence-corrected chi connectivity index (χ1v) is 6.25. The average molecular weight is 277 g/mol. The molecule has 0 saturated carbocycles. The molecule has 2 rings (SSSR count). The highest BCUT2D eigenvalue weighted by Crippen LogP contribution is 2.10. The molecule has 98 valence electrons. The molecule has 0 aliphatic heterocycles. The number of aromatic amines is 1. The normalized spacial score (nSPS) is 10.2. The molecule has 2 aromatic rings. The van der Waals surface area contributed by atoms with E-state index < -0.39 is 0 Å².